The highest BCUT2D eigenvalue weighted by atomic mass is 35.5. The molecule has 0 saturated carbocycles. The minimum Gasteiger partial charge on any atom is -0.491 e. The second-order valence-corrected chi connectivity index (χ2v) is 4.77. The van der Waals surface area contributed by atoms with Gasteiger partial charge in [0.1, 0.15) is 0 Å². The van der Waals surface area contributed by atoms with Crippen molar-refractivity contribution in [3.8, 4) is 5.75 Å². The Bertz CT molecular complexity index is 675. The number of pyridine rings is 1. The van der Waals surface area contributed by atoms with Gasteiger partial charge in [0, 0.05) is 12.7 Å². The maximum Gasteiger partial charge on any atom is 0.256 e. The zero-order valence-electron chi connectivity index (χ0n) is 11.7. The van der Waals surface area contributed by atoms with Gasteiger partial charge in [-0.1, -0.05) is 17.7 Å². The number of nitrogens with zero attached hydrogens (tertiary/aromatic N) is 1. The van der Waals surface area contributed by atoms with Gasteiger partial charge in [0.25, 0.3) is 5.91 Å². The van der Waals surface area contributed by atoms with Crippen LogP contribution in [0.15, 0.2) is 30.6 Å². The molecule has 2 aromatic rings. The second kappa shape index (κ2) is 7.17. The van der Waals surface area contributed by atoms with Gasteiger partial charge in [0.05, 0.1) is 23.4 Å². The largest absolute Gasteiger partial charge is 0.491 e. The lowest BCUT2D eigenvalue weighted by Crippen LogP contribution is -2.24. The number of nitrogens with one attached hydrogen (secondary N) is 1. The highest BCUT2D eigenvalue weighted by Gasteiger charge is 2.16. The fourth-order valence-corrected chi connectivity index (χ4v) is 2.06. The van der Waals surface area contributed by atoms with Gasteiger partial charge >= 0.3 is 0 Å². The molecule has 0 saturated heterocycles. The molecule has 7 heteroatoms. The number of aromatic nitrogens is 1. The molecule has 0 spiro atoms. The van der Waals surface area contributed by atoms with Crippen molar-refractivity contribution in [3.05, 3.63) is 58.4 Å². The first-order valence-corrected chi connectivity index (χ1v) is 6.89. The first kappa shape index (κ1) is 16.2. The Kier molecular flexibility index (Phi) is 5.27. The SMILES string of the molecule is CCOc1ccc(CNC(=O)c2c(F)cncc2Cl)cc1F. The molecule has 0 radical (unpaired) electrons. The quantitative estimate of drug-likeness (QED) is 0.916. The summed E-state index contributed by atoms with van der Waals surface area (Å²) in [5, 5.41) is 2.39. The van der Waals surface area contributed by atoms with E-state index >= 15 is 0 Å². The minimum atomic E-state index is -0.817. The van der Waals surface area contributed by atoms with Crippen LogP contribution in [0.5, 0.6) is 5.75 Å². The Morgan fingerprint density at radius 3 is 2.73 bits per heavy atom. The van der Waals surface area contributed by atoms with Crippen molar-refractivity contribution in [1.29, 1.82) is 0 Å². The Morgan fingerprint density at radius 1 is 1.32 bits per heavy atom. The number of benzene rings is 1. The van der Waals surface area contributed by atoms with E-state index in [1.165, 1.54) is 18.3 Å². The number of ether oxygens (including phenoxy) is 1. The van der Waals surface area contributed by atoms with Crippen LogP contribution >= 0.6 is 11.6 Å². The van der Waals surface area contributed by atoms with Crippen molar-refractivity contribution in [2.24, 2.45) is 0 Å². The summed E-state index contributed by atoms with van der Waals surface area (Å²) in [6.45, 7) is 2.13. The smallest absolute Gasteiger partial charge is 0.256 e. The number of hydrogen-bond acceptors (Lipinski definition) is 3. The van der Waals surface area contributed by atoms with Crippen LogP contribution in [-0.2, 0) is 6.54 Å². The maximum atomic E-state index is 13.7. The Hall–Kier alpha value is -2.21. The van der Waals surface area contributed by atoms with Gasteiger partial charge in [-0.15, -0.1) is 0 Å². The van der Waals surface area contributed by atoms with Crippen LogP contribution in [0.25, 0.3) is 0 Å². The van der Waals surface area contributed by atoms with Gasteiger partial charge in [0.2, 0.25) is 0 Å². The minimum absolute atomic E-state index is 0.0280. The lowest BCUT2D eigenvalue weighted by molar-refractivity contribution is 0.0947. The standard InChI is InChI=1S/C15H13ClF2N2O2/c1-2-22-13-4-3-9(5-11(13)17)6-20-15(21)14-10(16)7-19-8-12(14)18/h3-5,7-8H,2,6H2,1H3,(H,20,21). The van der Waals surface area contributed by atoms with Gasteiger partial charge in [-0.05, 0) is 24.6 Å². The number of carbonyl (C=O) groups is 1. The molecule has 0 fully saturated rings. The summed E-state index contributed by atoms with van der Waals surface area (Å²) in [5.41, 5.74) is 0.225. The Morgan fingerprint density at radius 2 is 2.09 bits per heavy atom. The number of amides is 1. The van der Waals surface area contributed by atoms with Gasteiger partial charge in [0.15, 0.2) is 17.4 Å². The van der Waals surface area contributed by atoms with E-state index in [4.69, 9.17) is 16.3 Å². The van der Waals surface area contributed by atoms with Crippen LogP contribution in [0.4, 0.5) is 8.78 Å². The van der Waals surface area contributed by atoms with E-state index in [9.17, 15) is 13.6 Å². The van der Waals surface area contributed by atoms with Gasteiger partial charge in [-0.2, -0.15) is 0 Å². The van der Waals surface area contributed by atoms with Crippen molar-refractivity contribution >= 4 is 17.5 Å². The predicted molar refractivity (Wildman–Crippen MR) is 77.9 cm³/mol. The summed E-state index contributed by atoms with van der Waals surface area (Å²) in [6, 6.07) is 4.33. The molecule has 4 nitrogen and oxygen atoms in total. The van der Waals surface area contributed by atoms with Gasteiger partial charge < -0.3 is 10.1 Å². The molecule has 1 aromatic heterocycles. The molecule has 1 heterocycles. The van der Waals surface area contributed by atoms with Crippen LogP contribution in [0.2, 0.25) is 5.02 Å². The van der Waals surface area contributed by atoms with E-state index in [2.05, 4.69) is 10.3 Å². The topological polar surface area (TPSA) is 51.2 Å². The number of rotatable bonds is 5. The molecule has 0 aliphatic carbocycles. The van der Waals surface area contributed by atoms with Crippen molar-refractivity contribution in [2.75, 3.05) is 6.61 Å². The number of halogens is 3. The maximum absolute atomic E-state index is 13.7. The van der Waals surface area contributed by atoms with E-state index in [0.717, 1.165) is 6.20 Å². The monoisotopic (exact) mass is 326 g/mol. The molecule has 0 bridgehead atoms. The highest BCUT2D eigenvalue weighted by molar-refractivity contribution is 6.33. The van der Waals surface area contributed by atoms with E-state index < -0.39 is 17.5 Å². The molecule has 0 atom stereocenters. The summed E-state index contributed by atoms with van der Waals surface area (Å²) in [6.07, 6.45) is 2.08. The molecule has 1 N–H and O–H groups in total. The second-order valence-electron chi connectivity index (χ2n) is 4.36. The average molecular weight is 327 g/mol. The summed E-state index contributed by atoms with van der Waals surface area (Å²) in [5.74, 6) is -1.90. The third-order valence-electron chi connectivity index (χ3n) is 2.83. The van der Waals surface area contributed by atoms with Crippen molar-refractivity contribution in [1.82, 2.24) is 10.3 Å². The van der Waals surface area contributed by atoms with Crippen LogP contribution in [0, 0.1) is 11.6 Å². The third-order valence-corrected chi connectivity index (χ3v) is 3.12. The fraction of sp³-hybridized carbons (Fsp3) is 0.200. The van der Waals surface area contributed by atoms with E-state index in [0.29, 0.717) is 12.2 Å². The molecule has 1 amide bonds. The van der Waals surface area contributed by atoms with Crippen LogP contribution in [0.1, 0.15) is 22.8 Å². The van der Waals surface area contributed by atoms with E-state index in [-0.39, 0.29) is 22.9 Å². The van der Waals surface area contributed by atoms with Crippen molar-refractivity contribution < 1.29 is 18.3 Å². The molecular formula is C15H13ClF2N2O2. The number of hydrogen-bond donors (Lipinski definition) is 1. The summed E-state index contributed by atoms with van der Waals surface area (Å²) in [7, 11) is 0. The zero-order chi connectivity index (χ0) is 16.1. The summed E-state index contributed by atoms with van der Waals surface area (Å²) < 4.78 is 32.3. The van der Waals surface area contributed by atoms with Crippen molar-refractivity contribution in [2.45, 2.75) is 13.5 Å². The van der Waals surface area contributed by atoms with Crippen molar-refractivity contribution in [3.63, 3.8) is 0 Å². The van der Waals surface area contributed by atoms with Crippen LogP contribution in [0.3, 0.4) is 0 Å². The summed E-state index contributed by atoms with van der Waals surface area (Å²) in [4.78, 5) is 15.5. The van der Waals surface area contributed by atoms with E-state index in [1.807, 2.05) is 0 Å². The lowest BCUT2D eigenvalue weighted by Gasteiger charge is -2.09. The highest BCUT2D eigenvalue weighted by Crippen LogP contribution is 2.19. The molecule has 116 valence electrons. The van der Waals surface area contributed by atoms with Gasteiger partial charge in [-0.3, -0.25) is 9.78 Å². The molecule has 22 heavy (non-hydrogen) atoms. The molecule has 0 unspecified atom stereocenters. The third kappa shape index (κ3) is 3.71. The Labute approximate surface area is 131 Å². The lowest BCUT2D eigenvalue weighted by atomic mass is 10.2. The fourth-order valence-electron chi connectivity index (χ4n) is 1.83. The predicted octanol–water partition coefficient (Wildman–Crippen LogP) is 3.34. The molecule has 2 rings (SSSR count). The van der Waals surface area contributed by atoms with Gasteiger partial charge in [-0.25, -0.2) is 8.78 Å². The molecule has 1 aromatic carbocycles. The van der Waals surface area contributed by atoms with Crippen LogP contribution in [-0.4, -0.2) is 17.5 Å². The first-order chi connectivity index (χ1) is 10.5. The number of carbonyl (C=O) groups excluding carboxylic acids is 1. The molecular weight excluding hydrogens is 314 g/mol. The van der Waals surface area contributed by atoms with E-state index in [1.54, 1.807) is 13.0 Å². The normalized spacial score (nSPS) is 10.4. The first-order valence-electron chi connectivity index (χ1n) is 6.51. The summed E-state index contributed by atoms with van der Waals surface area (Å²) >= 11 is 5.75. The molecule has 0 aliphatic rings. The average Bonchev–Trinajstić information content (AvgIpc) is 2.47. The van der Waals surface area contributed by atoms with Crippen LogP contribution < -0.4 is 10.1 Å². The molecule has 0 aliphatic heterocycles. The Balaban J connectivity index is 2.07. The zero-order valence-corrected chi connectivity index (χ0v) is 12.5.